The molecule has 0 bridgehead atoms. The SMILES string of the molecule is C#CCn1n[c]cc1CC. The van der Waals surface area contributed by atoms with Gasteiger partial charge in [-0.05, 0) is 12.5 Å². The third kappa shape index (κ3) is 1.19. The van der Waals surface area contributed by atoms with Gasteiger partial charge in [0.2, 0.25) is 0 Å². The molecular formula is C8H9N2. The number of terminal acetylenes is 1. The molecule has 0 N–H and O–H groups in total. The summed E-state index contributed by atoms with van der Waals surface area (Å²) in [6.07, 6.45) is 8.83. The van der Waals surface area contributed by atoms with E-state index < -0.39 is 0 Å². The second kappa shape index (κ2) is 3.07. The first-order chi connectivity index (χ1) is 4.88. The van der Waals surface area contributed by atoms with Crippen LogP contribution in [0.4, 0.5) is 0 Å². The van der Waals surface area contributed by atoms with Crippen LogP contribution in [0.2, 0.25) is 0 Å². The summed E-state index contributed by atoms with van der Waals surface area (Å²) in [5.41, 5.74) is 1.14. The van der Waals surface area contributed by atoms with Gasteiger partial charge in [-0.1, -0.05) is 12.8 Å². The molecule has 0 aliphatic heterocycles. The number of aromatic nitrogens is 2. The van der Waals surface area contributed by atoms with Gasteiger partial charge in [0.15, 0.2) is 0 Å². The molecule has 0 aliphatic rings. The number of hydrogen-bond acceptors (Lipinski definition) is 1. The van der Waals surface area contributed by atoms with Crippen LogP contribution in [0.3, 0.4) is 0 Å². The molecule has 0 saturated carbocycles. The zero-order valence-corrected chi connectivity index (χ0v) is 5.96. The zero-order chi connectivity index (χ0) is 7.40. The van der Waals surface area contributed by atoms with Crippen molar-refractivity contribution in [3.8, 4) is 12.3 Å². The van der Waals surface area contributed by atoms with Crippen molar-refractivity contribution in [2.45, 2.75) is 19.9 Å². The van der Waals surface area contributed by atoms with Crippen LogP contribution >= 0.6 is 0 Å². The van der Waals surface area contributed by atoms with Crippen molar-refractivity contribution in [3.05, 3.63) is 18.0 Å². The minimum atomic E-state index is 0.548. The van der Waals surface area contributed by atoms with Gasteiger partial charge in [-0.3, -0.25) is 4.68 Å². The molecule has 1 radical (unpaired) electrons. The number of rotatable bonds is 2. The highest BCUT2D eigenvalue weighted by molar-refractivity contribution is 5.01. The molecule has 0 saturated heterocycles. The smallest absolute Gasteiger partial charge is 0.113 e. The van der Waals surface area contributed by atoms with Crippen molar-refractivity contribution >= 4 is 0 Å². The van der Waals surface area contributed by atoms with Crippen molar-refractivity contribution in [1.29, 1.82) is 0 Å². The van der Waals surface area contributed by atoms with Gasteiger partial charge in [-0.25, -0.2) is 0 Å². The van der Waals surface area contributed by atoms with E-state index in [1.54, 1.807) is 4.68 Å². The Balaban J connectivity index is 2.82. The monoisotopic (exact) mass is 133 g/mol. The molecule has 1 aromatic rings. The van der Waals surface area contributed by atoms with E-state index in [0.29, 0.717) is 6.54 Å². The van der Waals surface area contributed by atoms with Crippen LogP contribution in [-0.4, -0.2) is 9.78 Å². The van der Waals surface area contributed by atoms with Gasteiger partial charge < -0.3 is 0 Å². The predicted molar refractivity (Wildman–Crippen MR) is 39.3 cm³/mol. The van der Waals surface area contributed by atoms with Gasteiger partial charge in [0.1, 0.15) is 12.7 Å². The molecule has 1 heterocycles. The summed E-state index contributed by atoms with van der Waals surface area (Å²) in [7, 11) is 0. The van der Waals surface area contributed by atoms with E-state index in [-0.39, 0.29) is 0 Å². The highest BCUT2D eigenvalue weighted by Gasteiger charge is 1.95. The molecule has 0 atom stereocenters. The highest BCUT2D eigenvalue weighted by Crippen LogP contribution is 1.97. The van der Waals surface area contributed by atoms with E-state index in [4.69, 9.17) is 6.42 Å². The number of aryl methyl sites for hydroxylation is 1. The molecule has 2 heteroatoms. The maximum Gasteiger partial charge on any atom is 0.113 e. The Bertz CT molecular complexity index is 242. The Kier molecular flexibility index (Phi) is 2.11. The Labute approximate surface area is 60.9 Å². The van der Waals surface area contributed by atoms with Crippen molar-refractivity contribution in [3.63, 3.8) is 0 Å². The zero-order valence-electron chi connectivity index (χ0n) is 5.96. The lowest BCUT2D eigenvalue weighted by molar-refractivity contribution is 0.672. The van der Waals surface area contributed by atoms with Crippen molar-refractivity contribution in [2.75, 3.05) is 0 Å². The minimum absolute atomic E-state index is 0.548. The summed E-state index contributed by atoms with van der Waals surface area (Å²) in [5.74, 6) is 2.53. The van der Waals surface area contributed by atoms with Gasteiger partial charge in [0.05, 0.1) is 0 Å². The number of hydrogen-bond donors (Lipinski definition) is 0. The first kappa shape index (κ1) is 6.88. The van der Waals surface area contributed by atoms with E-state index in [9.17, 15) is 0 Å². The lowest BCUT2D eigenvalue weighted by atomic mass is 10.3. The largest absolute Gasteiger partial charge is 0.257 e. The summed E-state index contributed by atoms with van der Waals surface area (Å²) in [4.78, 5) is 0. The predicted octanol–water partition coefficient (Wildman–Crippen LogP) is 0.879. The van der Waals surface area contributed by atoms with Crippen molar-refractivity contribution < 1.29 is 0 Å². The fraction of sp³-hybridized carbons (Fsp3) is 0.375. The van der Waals surface area contributed by atoms with E-state index in [2.05, 4.69) is 24.1 Å². The maximum absolute atomic E-state index is 5.12. The third-order valence-electron chi connectivity index (χ3n) is 1.34. The quantitative estimate of drug-likeness (QED) is 0.547. The topological polar surface area (TPSA) is 17.8 Å². The van der Waals surface area contributed by atoms with Gasteiger partial charge >= 0.3 is 0 Å². The summed E-state index contributed by atoms with van der Waals surface area (Å²) in [6, 6.07) is 1.86. The van der Waals surface area contributed by atoms with Gasteiger partial charge in [-0.2, -0.15) is 5.10 Å². The molecule has 1 rings (SSSR count). The van der Waals surface area contributed by atoms with Crippen LogP contribution in [0, 0.1) is 18.5 Å². The molecule has 1 aromatic heterocycles. The van der Waals surface area contributed by atoms with Gasteiger partial charge in [-0.15, -0.1) is 6.42 Å². The van der Waals surface area contributed by atoms with Crippen LogP contribution in [0.5, 0.6) is 0 Å². The molecule has 10 heavy (non-hydrogen) atoms. The molecule has 0 spiro atoms. The molecule has 0 amide bonds. The molecule has 51 valence electrons. The van der Waals surface area contributed by atoms with Gasteiger partial charge in [0.25, 0.3) is 0 Å². The molecule has 0 unspecified atom stereocenters. The van der Waals surface area contributed by atoms with Gasteiger partial charge in [0, 0.05) is 5.69 Å². The summed E-state index contributed by atoms with van der Waals surface area (Å²) >= 11 is 0. The Morgan fingerprint density at radius 2 is 2.70 bits per heavy atom. The van der Waals surface area contributed by atoms with Crippen LogP contribution in [0.15, 0.2) is 6.07 Å². The average Bonchev–Trinajstić information content (AvgIpc) is 2.36. The van der Waals surface area contributed by atoms with Crippen LogP contribution < -0.4 is 0 Å². The van der Waals surface area contributed by atoms with Crippen LogP contribution in [-0.2, 0) is 13.0 Å². The Hall–Kier alpha value is -1.23. The molecule has 0 fully saturated rings. The van der Waals surface area contributed by atoms with E-state index in [1.807, 2.05) is 6.07 Å². The van der Waals surface area contributed by atoms with E-state index in [1.165, 1.54) is 0 Å². The summed E-state index contributed by atoms with van der Waals surface area (Å²) < 4.78 is 1.78. The molecule has 0 aliphatic carbocycles. The fourth-order valence-corrected chi connectivity index (χ4v) is 0.820. The van der Waals surface area contributed by atoms with Crippen molar-refractivity contribution in [2.24, 2.45) is 0 Å². The Morgan fingerprint density at radius 1 is 1.90 bits per heavy atom. The molecule has 0 aromatic carbocycles. The lowest BCUT2D eigenvalue weighted by Crippen LogP contribution is -2.01. The summed E-state index contributed by atoms with van der Waals surface area (Å²) in [5, 5.41) is 3.93. The first-order valence-corrected chi connectivity index (χ1v) is 3.24. The summed E-state index contributed by atoms with van der Waals surface area (Å²) in [6.45, 7) is 2.62. The highest BCUT2D eigenvalue weighted by atomic mass is 15.3. The average molecular weight is 133 g/mol. The van der Waals surface area contributed by atoms with Crippen LogP contribution in [0.25, 0.3) is 0 Å². The fourth-order valence-electron chi connectivity index (χ4n) is 0.820. The third-order valence-corrected chi connectivity index (χ3v) is 1.34. The second-order valence-corrected chi connectivity index (χ2v) is 1.98. The Morgan fingerprint density at radius 3 is 3.30 bits per heavy atom. The molecular weight excluding hydrogens is 124 g/mol. The minimum Gasteiger partial charge on any atom is -0.257 e. The molecule has 2 nitrogen and oxygen atoms in total. The van der Waals surface area contributed by atoms with E-state index >= 15 is 0 Å². The lowest BCUT2D eigenvalue weighted by Gasteiger charge is -1.98. The van der Waals surface area contributed by atoms with Crippen molar-refractivity contribution in [1.82, 2.24) is 9.78 Å². The second-order valence-electron chi connectivity index (χ2n) is 1.98. The standard InChI is InChI=1S/C8H9N2/c1-3-7-10-8(4-2)5-6-9-10/h1,5H,4,7H2,2H3. The van der Waals surface area contributed by atoms with Crippen LogP contribution in [0.1, 0.15) is 12.6 Å². The maximum atomic E-state index is 5.12. The number of nitrogens with zero attached hydrogens (tertiary/aromatic N) is 2. The first-order valence-electron chi connectivity index (χ1n) is 3.24. The normalized spacial score (nSPS) is 9.20. The van der Waals surface area contributed by atoms with E-state index in [0.717, 1.165) is 12.1 Å².